The van der Waals surface area contributed by atoms with Gasteiger partial charge in [-0.05, 0) is 36.8 Å². The molecule has 10 nitrogen and oxygen atoms in total. The number of amides is 2. The summed E-state index contributed by atoms with van der Waals surface area (Å²) in [7, 11) is 0. The predicted octanol–water partition coefficient (Wildman–Crippen LogP) is 2.91. The third kappa shape index (κ3) is 4.16. The summed E-state index contributed by atoms with van der Waals surface area (Å²) in [6.07, 6.45) is 6.90. The van der Waals surface area contributed by atoms with Crippen LogP contribution in [0.1, 0.15) is 35.7 Å². The summed E-state index contributed by atoms with van der Waals surface area (Å²) in [5, 5.41) is 16.9. The van der Waals surface area contributed by atoms with Gasteiger partial charge in [0.2, 0.25) is 11.9 Å². The first-order valence-electron chi connectivity index (χ1n) is 11.0. The van der Waals surface area contributed by atoms with Crippen LogP contribution in [0, 0.1) is 0 Å². The number of aromatic nitrogens is 4. The molecule has 11 heteroatoms. The monoisotopic (exact) mass is 481 g/mol. The Bertz CT molecular complexity index is 1250. The Morgan fingerprint density at radius 1 is 1.21 bits per heavy atom. The average Bonchev–Trinajstić information content (AvgIpc) is 3.47. The Balaban J connectivity index is 1.26. The lowest BCUT2D eigenvalue weighted by molar-refractivity contribution is -0.120. The Morgan fingerprint density at radius 3 is 2.68 bits per heavy atom. The smallest absolute Gasteiger partial charge is 0.407 e. The molecule has 3 heterocycles. The molecule has 2 aliphatic rings. The Hall–Kier alpha value is -3.66. The van der Waals surface area contributed by atoms with Crippen molar-refractivity contribution >= 4 is 35.2 Å². The molecule has 4 N–H and O–H groups in total. The fourth-order valence-electron chi connectivity index (χ4n) is 4.38. The molecule has 2 amide bonds. The normalized spacial score (nSPS) is 16.7. The molecular formula is C23H24ClN7O3. The maximum Gasteiger partial charge on any atom is 0.407 e. The van der Waals surface area contributed by atoms with Crippen molar-refractivity contribution in [2.24, 2.45) is 5.73 Å². The van der Waals surface area contributed by atoms with Crippen LogP contribution in [-0.2, 0) is 23.1 Å². The summed E-state index contributed by atoms with van der Waals surface area (Å²) < 4.78 is 1.74. The van der Waals surface area contributed by atoms with E-state index < -0.39 is 11.5 Å². The van der Waals surface area contributed by atoms with Crippen LogP contribution in [-0.4, -0.2) is 54.8 Å². The quantitative estimate of drug-likeness (QED) is 0.449. The molecule has 176 valence electrons. The summed E-state index contributed by atoms with van der Waals surface area (Å²) in [5.41, 5.74) is 8.61. The van der Waals surface area contributed by atoms with Crippen molar-refractivity contribution in [3.8, 4) is 0 Å². The highest BCUT2D eigenvalue weighted by Crippen LogP contribution is 2.49. The lowest BCUT2D eigenvalue weighted by Gasteiger charge is -2.36. The van der Waals surface area contributed by atoms with Crippen molar-refractivity contribution in [2.75, 3.05) is 18.4 Å². The van der Waals surface area contributed by atoms with Crippen molar-refractivity contribution in [2.45, 2.75) is 37.1 Å². The number of nitrogens with one attached hydrogen (secondary N) is 1. The number of carbonyl (C=O) groups is 2. The molecule has 1 saturated heterocycles. The van der Waals surface area contributed by atoms with Crippen molar-refractivity contribution < 1.29 is 14.7 Å². The highest BCUT2D eigenvalue weighted by molar-refractivity contribution is 6.31. The molecule has 0 spiro atoms. The lowest BCUT2D eigenvalue weighted by Crippen LogP contribution is -2.50. The maximum atomic E-state index is 12.0. The van der Waals surface area contributed by atoms with Gasteiger partial charge in [0.25, 0.3) is 0 Å². The van der Waals surface area contributed by atoms with E-state index in [1.165, 1.54) is 4.90 Å². The Kier molecular flexibility index (Phi) is 5.60. The first-order valence-corrected chi connectivity index (χ1v) is 11.4. The number of nitrogens with two attached hydrogens (primary N) is 1. The van der Waals surface area contributed by atoms with Gasteiger partial charge in [-0.3, -0.25) is 9.48 Å². The minimum atomic E-state index is -0.923. The zero-order valence-corrected chi connectivity index (χ0v) is 19.1. The molecule has 34 heavy (non-hydrogen) atoms. The maximum absolute atomic E-state index is 12.0. The number of halogens is 1. The zero-order chi connectivity index (χ0) is 23.9. The number of hydrogen-bond donors (Lipinski definition) is 3. The molecule has 0 bridgehead atoms. The number of hydrogen-bond acceptors (Lipinski definition) is 6. The van der Waals surface area contributed by atoms with Gasteiger partial charge in [-0.2, -0.15) is 5.10 Å². The molecule has 0 atom stereocenters. The highest BCUT2D eigenvalue weighted by atomic mass is 35.5. The van der Waals surface area contributed by atoms with Gasteiger partial charge in [0.1, 0.15) is 0 Å². The summed E-state index contributed by atoms with van der Waals surface area (Å²) in [6, 6.07) is 7.91. The van der Waals surface area contributed by atoms with E-state index in [2.05, 4.69) is 20.4 Å². The van der Waals surface area contributed by atoms with Crippen LogP contribution < -0.4 is 11.1 Å². The second-order valence-corrected chi connectivity index (χ2v) is 9.17. The second kappa shape index (κ2) is 8.60. The molecular weight excluding hydrogens is 458 g/mol. The largest absolute Gasteiger partial charge is 0.465 e. The van der Waals surface area contributed by atoms with Crippen LogP contribution in [0.2, 0.25) is 5.02 Å². The lowest BCUT2D eigenvalue weighted by atomic mass is 9.88. The standard InChI is InChI=1S/C23H24ClN7O3/c24-18-10-26-21(28-15-9-27-31(11-15)16-12-30(13-16)22(33)34)29-19(18)6-5-14-3-1-2-4-17(14)23(7-8-23)20(25)32/h1-4,9-11,16H,5-8,12-13H2,(H2,25,32)(H,33,34)(H,26,28,29). The van der Waals surface area contributed by atoms with E-state index in [1.54, 1.807) is 23.3 Å². The summed E-state index contributed by atoms with van der Waals surface area (Å²) >= 11 is 6.37. The van der Waals surface area contributed by atoms with E-state index >= 15 is 0 Å². The number of carbonyl (C=O) groups excluding carboxylic acids is 1. The van der Waals surface area contributed by atoms with Gasteiger partial charge in [0, 0.05) is 19.3 Å². The predicted molar refractivity (Wildman–Crippen MR) is 125 cm³/mol. The Morgan fingerprint density at radius 2 is 1.97 bits per heavy atom. The van der Waals surface area contributed by atoms with Crippen LogP contribution in [0.4, 0.5) is 16.4 Å². The number of rotatable bonds is 8. The summed E-state index contributed by atoms with van der Waals surface area (Å²) in [4.78, 5) is 33.2. The van der Waals surface area contributed by atoms with Crippen molar-refractivity contribution in [3.05, 3.63) is 64.7 Å². The van der Waals surface area contributed by atoms with Crippen LogP contribution in [0.15, 0.2) is 42.9 Å². The van der Waals surface area contributed by atoms with E-state index in [1.807, 2.05) is 24.3 Å². The third-order valence-corrected chi connectivity index (χ3v) is 6.88. The van der Waals surface area contributed by atoms with Crippen molar-refractivity contribution in [3.63, 3.8) is 0 Å². The number of primary amides is 1. The molecule has 2 aromatic heterocycles. The molecule has 1 aliphatic carbocycles. The first-order chi connectivity index (χ1) is 16.4. The fraction of sp³-hybridized carbons (Fsp3) is 0.348. The van der Waals surface area contributed by atoms with Crippen molar-refractivity contribution in [1.29, 1.82) is 0 Å². The zero-order valence-electron chi connectivity index (χ0n) is 18.3. The fourth-order valence-corrected chi connectivity index (χ4v) is 4.57. The average molecular weight is 482 g/mol. The van der Waals surface area contributed by atoms with Gasteiger partial charge in [0.05, 0.1) is 40.3 Å². The van der Waals surface area contributed by atoms with Crippen LogP contribution in [0.3, 0.4) is 0 Å². The van der Waals surface area contributed by atoms with Gasteiger partial charge >= 0.3 is 6.09 Å². The van der Waals surface area contributed by atoms with Gasteiger partial charge in [-0.25, -0.2) is 14.8 Å². The van der Waals surface area contributed by atoms with Gasteiger partial charge in [-0.1, -0.05) is 35.9 Å². The molecule has 0 radical (unpaired) electrons. The number of anilines is 2. The molecule has 0 unspecified atom stereocenters. The molecule has 1 aliphatic heterocycles. The number of nitrogens with zero attached hydrogens (tertiary/aromatic N) is 5. The minimum absolute atomic E-state index is 0.0172. The molecule has 1 saturated carbocycles. The Labute approximate surface area is 200 Å². The first kappa shape index (κ1) is 22.1. The van der Waals surface area contributed by atoms with E-state index in [9.17, 15) is 9.59 Å². The summed E-state index contributed by atoms with van der Waals surface area (Å²) in [5.74, 6) is 0.119. The van der Waals surface area contributed by atoms with Gasteiger partial charge < -0.3 is 21.1 Å². The topological polar surface area (TPSA) is 139 Å². The molecule has 3 aromatic rings. The second-order valence-electron chi connectivity index (χ2n) is 8.77. The molecule has 5 rings (SSSR count). The van der Waals surface area contributed by atoms with Crippen molar-refractivity contribution in [1.82, 2.24) is 24.6 Å². The summed E-state index contributed by atoms with van der Waals surface area (Å²) in [6.45, 7) is 0.827. The number of carboxylic acid groups (broad SMARTS) is 1. The highest BCUT2D eigenvalue weighted by Gasteiger charge is 2.50. The molecule has 2 fully saturated rings. The SMILES string of the molecule is NC(=O)C1(c2ccccc2CCc2nc(Nc3cnn(C4CN(C(=O)O)C4)c3)ncc2Cl)CC1. The van der Waals surface area contributed by atoms with Crippen LogP contribution >= 0.6 is 11.6 Å². The minimum Gasteiger partial charge on any atom is -0.465 e. The van der Waals surface area contributed by atoms with Crippen LogP contribution in [0.5, 0.6) is 0 Å². The van der Waals surface area contributed by atoms with E-state index in [4.69, 9.17) is 22.4 Å². The van der Waals surface area contributed by atoms with Gasteiger partial charge in [0.15, 0.2) is 0 Å². The third-order valence-electron chi connectivity index (χ3n) is 6.57. The number of benzene rings is 1. The number of aryl methyl sites for hydroxylation is 2. The van der Waals surface area contributed by atoms with Gasteiger partial charge in [-0.15, -0.1) is 0 Å². The van der Waals surface area contributed by atoms with E-state index in [0.717, 1.165) is 24.0 Å². The van der Waals surface area contributed by atoms with E-state index in [-0.39, 0.29) is 11.9 Å². The van der Waals surface area contributed by atoms with E-state index in [0.29, 0.717) is 48.3 Å². The molecule has 1 aromatic carbocycles. The van der Waals surface area contributed by atoms with Crippen LogP contribution in [0.25, 0.3) is 0 Å². The number of likely N-dealkylation sites (tertiary alicyclic amines) is 1.